The molecular formula is C19H27NO5S. The van der Waals surface area contributed by atoms with E-state index in [-0.39, 0.29) is 34.5 Å². The molecule has 1 fully saturated rings. The minimum absolute atomic E-state index is 0.0236. The van der Waals surface area contributed by atoms with Crippen molar-refractivity contribution in [2.75, 3.05) is 11.5 Å². The van der Waals surface area contributed by atoms with E-state index in [4.69, 9.17) is 13.9 Å². The van der Waals surface area contributed by atoms with Gasteiger partial charge in [0.2, 0.25) is 5.91 Å². The first-order valence-electron chi connectivity index (χ1n) is 8.86. The molecule has 1 amide bonds. The highest BCUT2D eigenvalue weighted by atomic mass is 32.2. The van der Waals surface area contributed by atoms with Crippen molar-refractivity contribution in [3.05, 3.63) is 18.1 Å². The van der Waals surface area contributed by atoms with E-state index in [1.54, 1.807) is 17.2 Å². The van der Waals surface area contributed by atoms with E-state index in [1.165, 1.54) is 11.8 Å². The summed E-state index contributed by atoms with van der Waals surface area (Å²) in [6.45, 7) is 12.4. The topological polar surface area (TPSA) is 69.0 Å². The van der Waals surface area contributed by atoms with Crippen LogP contribution in [0, 0.1) is 11.3 Å². The van der Waals surface area contributed by atoms with Crippen LogP contribution in [0.15, 0.2) is 16.7 Å². The fourth-order valence-electron chi connectivity index (χ4n) is 3.00. The Bertz CT molecular complexity index is 700. The fraction of sp³-hybridized carbons (Fsp3) is 0.684. The van der Waals surface area contributed by atoms with Crippen LogP contribution >= 0.6 is 11.8 Å². The molecule has 0 aliphatic carbocycles. The van der Waals surface area contributed by atoms with Gasteiger partial charge in [0.05, 0.1) is 36.3 Å². The van der Waals surface area contributed by atoms with Crippen LogP contribution in [0.4, 0.5) is 5.69 Å². The number of nitrogens with zero attached hydrogens (tertiary/aromatic N) is 1. The molecule has 0 N–H and O–H groups in total. The number of ether oxygens (including phenoxy) is 2. The molecule has 2 aliphatic heterocycles. The quantitative estimate of drug-likeness (QED) is 0.577. The van der Waals surface area contributed by atoms with Crippen molar-refractivity contribution in [3.8, 4) is 0 Å². The standard InChI is InChI=1S/C19H27NO5S/c1-18(2,3)10-24-17-14-12(7-8-23-14)20-15(22)11(16(20)26-17)9-13(21)25-19(4,5)6/h7-8,11,16-17H,9-10H2,1-6H3/t11?,16-,17?/m0/s1. The monoisotopic (exact) mass is 381 g/mol. The van der Waals surface area contributed by atoms with Gasteiger partial charge in [-0.1, -0.05) is 32.5 Å². The number of esters is 1. The van der Waals surface area contributed by atoms with Crippen molar-refractivity contribution in [1.82, 2.24) is 0 Å². The lowest BCUT2D eigenvalue weighted by Gasteiger charge is -2.49. The van der Waals surface area contributed by atoms with Crippen LogP contribution in [-0.4, -0.2) is 29.5 Å². The molecule has 3 heterocycles. The molecular weight excluding hydrogens is 354 g/mol. The highest BCUT2D eigenvalue weighted by Crippen LogP contribution is 2.54. The van der Waals surface area contributed by atoms with Gasteiger partial charge in [-0.2, -0.15) is 0 Å². The Hall–Kier alpha value is -1.47. The molecule has 0 saturated carbocycles. The van der Waals surface area contributed by atoms with E-state index in [9.17, 15) is 9.59 Å². The number of hydrogen-bond acceptors (Lipinski definition) is 6. The zero-order chi connectivity index (χ0) is 19.3. The molecule has 3 atom stereocenters. The number of anilines is 1. The fourth-order valence-corrected chi connectivity index (χ4v) is 4.45. The summed E-state index contributed by atoms with van der Waals surface area (Å²) in [5.41, 5.74) is -0.0670. The molecule has 144 valence electrons. The molecule has 1 aromatic rings. The van der Waals surface area contributed by atoms with E-state index >= 15 is 0 Å². The Morgan fingerprint density at radius 2 is 1.96 bits per heavy atom. The van der Waals surface area contributed by atoms with Crippen molar-refractivity contribution >= 4 is 29.3 Å². The highest BCUT2D eigenvalue weighted by molar-refractivity contribution is 8.00. The molecule has 7 heteroatoms. The third kappa shape index (κ3) is 3.93. The number of fused-ring (bicyclic) bond motifs is 3. The summed E-state index contributed by atoms with van der Waals surface area (Å²) in [7, 11) is 0. The van der Waals surface area contributed by atoms with Gasteiger partial charge in [-0.05, 0) is 26.2 Å². The summed E-state index contributed by atoms with van der Waals surface area (Å²) in [6, 6.07) is 1.79. The Labute approximate surface area is 158 Å². The second-order valence-corrected chi connectivity index (χ2v) is 10.2. The Morgan fingerprint density at radius 1 is 1.27 bits per heavy atom. The van der Waals surface area contributed by atoms with E-state index < -0.39 is 11.5 Å². The second-order valence-electron chi connectivity index (χ2n) is 9.01. The lowest BCUT2D eigenvalue weighted by atomic mass is 9.93. The van der Waals surface area contributed by atoms with E-state index in [1.807, 2.05) is 20.8 Å². The van der Waals surface area contributed by atoms with Gasteiger partial charge >= 0.3 is 5.97 Å². The normalized spacial score (nSPS) is 25.4. The minimum atomic E-state index is -0.556. The first-order chi connectivity index (χ1) is 12.0. The third-order valence-corrected chi connectivity index (χ3v) is 5.45. The molecule has 2 aliphatic rings. The summed E-state index contributed by atoms with van der Waals surface area (Å²) >= 11 is 1.52. The highest BCUT2D eigenvalue weighted by Gasteiger charge is 2.55. The largest absolute Gasteiger partial charge is 0.463 e. The minimum Gasteiger partial charge on any atom is -0.463 e. The van der Waals surface area contributed by atoms with Crippen LogP contribution in [0.5, 0.6) is 0 Å². The molecule has 0 spiro atoms. The number of thioether (sulfide) groups is 1. The van der Waals surface area contributed by atoms with Gasteiger partial charge in [0.15, 0.2) is 11.2 Å². The van der Waals surface area contributed by atoms with Crippen molar-refractivity contribution in [3.63, 3.8) is 0 Å². The van der Waals surface area contributed by atoms with E-state index in [2.05, 4.69) is 20.8 Å². The molecule has 0 bridgehead atoms. The van der Waals surface area contributed by atoms with Gasteiger partial charge in [-0.3, -0.25) is 14.5 Å². The van der Waals surface area contributed by atoms with Gasteiger partial charge in [0.25, 0.3) is 0 Å². The molecule has 26 heavy (non-hydrogen) atoms. The Kier molecular flexibility index (Phi) is 4.90. The van der Waals surface area contributed by atoms with Gasteiger partial charge in [-0.25, -0.2) is 0 Å². The number of furan rings is 1. The molecule has 3 rings (SSSR count). The number of hydrogen-bond donors (Lipinski definition) is 0. The first kappa shape index (κ1) is 19.3. The van der Waals surface area contributed by atoms with Gasteiger partial charge < -0.3 is 13.9 Å². The van der Waals surface area contributed by atoms with E-state index in [0.717, 1.165) is 5.69 Å². The smallest absolute Gasteiger partial charge is 0.307 e. The lowest BCUT2D eigenvalue weighted by Crippen LogP contribution is -2.62. The molecule has 0 radical (unpaired) electrons. The zero-order valence-corrected chi connectivity index (χ0v) is 17.0. The van der Waals surface area contributed by atoms with Crippen LogP contribution in [0.25, 0.3) is 0 Å². The van der Waals surface area contributed by atoms with Crippen molar-refractivity contribution in [2.45, 2.75) is 64.4 Å². The predicted molar refractivity (Wildman–Crippen MR) is 99.7 cm³/mol. The average molecular weight is 381 g/mol. The van der Waals surface area contributed by atoms with Crippen molar-refractivity contribution in [2.24, 2.45) is 11.3 Å². The van der Waals surface area contributed by atoms with E-state index in [0.29, 0.717) is 12.4 Å². The Balaban J connectivity index is 1.72. The molecule has 2 unspecified atom stereocenters. The van der Waals surface area contributed by atoms with Crippen LogP contribution in [0.2, 0.25) is 0 Å². The predicted octanol–water partition coefficient (Wildman–Crippen LogP) is 4.11. The summed E-state index contributed by atoms with van der Waals surface area (Å²) in [6.07, 6.45) is 1.67. The number of carbonyl (C=O) groups excluding carboxylic acids is 2. The summed E-state index contributed by atoms with van der Waals surface area (Å²) in [5.74, 6) is -0.135. The summed E-state index contributed by atoms with van der Waals surface area (Å²) in [5, 5.41) is -0.134. The number of β-lactam (4-membered cyclic amide) rings is 1. The van der Waals surface area contributed by atoms with Crippen LogP contribution in [-0.2, 0) is 19.1 Å². The molecule has 1 aromatic heterocycles. The number of amides is 1. The molecule has 6 nitrogen and oxygen atoms in total. The SMILES string of the molecule is CC(C)(C)COC1S[C@H]2C(CC(=O)OC(C)(C)C)C(=O)N2c2ccoc21. The second kappa shape index (κ2) is 6.60. The lowest BCUT2D eigenvalue weighted by molar-refractivity contribution is -0.158. The maximum Gasteiger partial charge on any atom is 0.307 e. The van der Waals surface area contributed by atoms with Crippen LogP contribution in [0.3, 0.4) is 0 Å². The first-order valence-corrected chi connectivity index (χ1v) is 9.80. The van der Waals surface area contributed by atoms with Gasteiger partial charge in [0.1, 0.15) is 5.60 Å². The van der Waals surface area contributed by atoms with Gasteiger partial charge in [0, 0.05) is 6.07 Å². The third-order valence-electron chi connectivity index (χ3n) is 4.04. The van der Waals surface area contributed by atoms with Crippen LogP contribution in [0.1, 0.15) is 59.2 Å². The Morgan fingerprint density at radius 3 is 2.58 bits per heavy atom. The van der Waals surface area contributed by atoms with Crippen molar-refractivity contribution in [1.29, 1.82) is 0 Å². The molecule has 1 saturated heterocycles. The maximum absolute atomic E-state index is 12.6. The van der Waals surface area contributed by atoms with Gasteiger partial charge in [-0.15, -0.1) is 0 Å². The maximum atomic E-state index is 12.6. The molecule has 0 aromatic carbocycles. The van der Waals surface area contributed by atoms with Crippen molar-refractivity contribution < 1.29 is 23.5 Å². The van der Waals surface area contributed by atoms with Crippen LogP contribution < -0.4 is 4.90 Å². The average Bonchev–Trinajstić information content (AvgIpc) is 2.95. The summed E-state index contributed by atoms with van der Waals surface area (Å²) < 4.78 is 17.0. The summed E-state index contributed by atoms with van der Waals surface area (Å²) in [4.78, 5) is 26.5. The number of carbonyl (C=O) groups is 2. The number of rotatable bonds is 4. The zero-order valence-electron chi connectivity index (χ0n) is 16.2.